The van der Waals surface area contributed by atoms with Gasteiger partial charge in [0.05, 0.1) is 16.3 Å². The van der Waals surface area contributed by atoms with E-state index in [1.807, 2.05) is 84.9 Å². The number of amides is 4. The molecule has 0 saturated heterocycles. The van der Waals surface area contributed by atoms with Crippen molar-refractivity contribution >= 4 is 35.2 Å². The molecule has 0 aromatic heterocycles. The Labute approximate surface area is 366 Å². The summed E-state index contributed by atoms with van der Waals surface area (Å²) in [6, 6.07) is 37.0. The highest BCUT2D eigenvalue weighted by Gasteiger charge is 2.25. The molecule has 5 aromatic carbocycles. The van der Waals surface area contributed by atoms with Crippen LogP contribution in [-0.2, 0) is 57.9 Å². The molecule has 5 aromatic rings. The molecule has 4 N–H and O–H groups in total. The monoisotopic (exact) mass is 858 g/mol. The van der Waals surface area contributed by atoms with Gasteiger partial charge in [-0.05, 0) is 60.6 Å². The Kier molecular flexibility index (Phi) is 18.5. The van der Waals surface area contributed by atoms with Crippen molar-refractivity contribution in [2.24, 2.45) is 0 Å². The summed E-state index contributed by atoms with van der Waals surface area (Å²) in [4.78, 5) is 71.4. The van der Waals surface area contributed by atoms with Gasteiger partial charge in [0.1, 0.15) is 17.7 Å². The summed E-state index contributed by atoms with van der Waals surface area (Å²) in [5, 5.41) is 32.8. The van der Waals surface area contributed by atoms with Crippen molar-refractivity contribution in [2.75, 3.05) is 0 Å². The number of alkyl carbamates (subject to hydrolysis) is 1. The molecule has 0 radical (unpaired) electrons. The van der Waals surface area contributed by atoms with Crippen molar-refractivity contribution in [1.82, 2.24) is 21.3 Å². The summed E-state index contributed by atoms with van der Waals surface area (Å²) in [5.41, 5.74) is 4.59. The number of nitro benzene ring substituents is 2. The highest BCUT2D eigenvalue weighted by Crippen LogP contribution is 2.16. The summed E-state index contributed by atoms with van der Waals surface area (Å²) in [6.07, 6.45) is 1.89. The molecular formula is C48H54N6O9. The molecule has 1 unspecified atom stereocenters. The summed E-state index contributed by atoms with van der Waals surface area (Å²) in [6.45, 7) is 7.96. The van der Waals surface area contributed by atoms with Crippen LogP contribution in [0.4, 0.5) is 16.2 Å². The molecule has 5 rings (SSSR count). The number of hydrogen-bond acceptors (Lipinski definition) is 9. The summed E-state index contributed by atoms with van der Waals surface area (Å²) in [5.74, 6) is -0.947. The third-order valence-corrected chi connectivity index (χ3v) is 9.38. The zero-order valence-electron chi connectivity index (χ0n) is 35.9. The van der Waals surface area contributed by atoms with Crippen LogP contribution in [0.5, 0.6) is 0 Å². The Bertz CT molecular complexity index is 2260. The lowest BCUT2D eigenvalue weighted by Crippen LogP contribution is -2.49. The number of aryl methyl sites for hydroxylation is 1. The third kappa shape index (κ3) is 17.6. The summed E-state index contributed by atoms with van der Waals surface area (Å²) in [7, 11) is 0. The minimum Gasteiger partial charge on any atom is -0.444 e. The Morgan fingerprint density at radius 3 is 1.35 bits per heavy atom. The van der Waals surface area contributed by atoms with E-state index in [0.29, 0.717) is 18.7 Å². The van der Waals surface area contributed by atoms with Crippen molar-refractivity contribution in [3.63, 3.8) is 0 Å². The van der Waals surface area contributed by atoms with Crippen LogP contribution >= 0.6 is 0 Å². The number of nitrogens with zero attached hydrogens (tertiary/aromatic N) is 2. The molecule has 0 aliphatic heterocycles. The van der Waals surface area contributed by atoms with Crippen LogP contribution in [0.3, 0.4) is 0 Å². The van der Waals surface area contributed by atoms with E-state index < -0.39 is 33.6 Å². The predicted molar refractivity (Wildman–Crippen MR) is 239 cm³/mol. The van der Waals surface area contributed by atoms with Crippen molar-refractivity contribution < 1.29 is 33.8 Å². The van der Waals surface area contributed by atoms with E-state index in [9.17, 15) is 39.4 Å². The van der Waals surface area contributed by atoms with Gasteiger partial charge in [-0.2, -0.15) is 0 Å². The molecule has 0 bridgehead atoms. The molecule has 0 spiro atoms. The van der Waals surface area contributed by atoms with Gasteiger partial charge in [-0.1, -0.05) is 123 Å². The number of nitrogens with one attached hydrogen (secondary N) is 4. The van der Waals surface area contributed by atoms with Gasteiger partial charge in [-0.15, -0.1) is 0 Å². The molecule has 4 amide bonds. The van der Waals surface area contributed by atoms with Crippen molar-refractivity contribution in [2.45, 2.75) is 90.6 Å². The van der Waals surface area contributed by atoms with Crippen molar-refractivity contribution in [1.29, 1.82) is 0 Å². The smallest absolute Gasteiger partial charge is 0.408 e. The normalized spacial score (nSPS) is 11.7. The quantitative estimate of drug-likeness (QED) is 0.0507. The standard InChI is InChI=1S/C27H29N3O4.C21H25N3O5/c1-2-6-20-9-11-22(12-10-20)18-26(31)29-25(17-21-13-15-24(16-14-21)30(33)34)27(32)28-19-23-7-4-3-5-8-23;1-21(2,3)29-20(26)23-18(13-15-9-11-17(12-10-15)24(27)28)19(25)22-14-16-7-5-4-6-8-16/h3-5,7-16,25H,2,6,17-19H2,1H3,(H,28,32)(H,29,31);4-12,18H,13-14H2,1-3H3,(H,22,25)(H,23,26)/t25-;/m0./s1. The molecule has 15 nitrogen and oxygen atoms in total. The number of benzene rings is 5. The first-order chi connectivity index (χ1) is 30.1. The van der Waals surface area contributed by atoms with Crippen LogP contribution in [0.15, 0.2) is 133 Å². The van der Waals surface area contributed by atoms with E-state index in [1.165, 1.54) is 29.8 Å². The van der Waals surface area contributed by atoms with E-state index in [1.54, 1.807) is 45.0 Å². The van der Waals surface area contributed by atoms with Crippen LogP contribution in [0, 0.1) is 20.2 Å². The summed E-state index contributed by atoms with van der Waals surface area (Å²) >= 11 is 0. The molecule has 0 heterocycles. The van der Waals surface area contributed by atoms with Gasteiger partial charge in [-0.25, -0.2) is 4.79 Å². The number of carbonyl (C=O) groups is 4. The van der Waals surface area contributed by atoms with Crippen LogP contribution in [0.25, 0.3) is 0 Å². The maximum absolute atomic E-state index is 13.0. The lowest BCUT2D eigenvalue weighted by Gasteiger charge is -2.23. The fraction of sp³-hybridized carbons (Fsp3) is 0.292. The van der Waals surface area contributed by atoms with Gasteiger partial charge < -0.3 is 26.0 Å². The van der Waals surface area contributed by atoms with Crippen LogP contribution < -0.4 is 21.3 Å². The Balaban J connectivity index is 0.000000280. The van der Waals surface area contributed by atoms with Gasteiger partial charge in [0.25, 0.3) is 11.4 Å². The molecule has 63 heavy (non-hydrogen) atoms. The Hall–Kier alpha value is -7.42. The van der Waals surface area contributed by atoms with Gasteiger partial charge >= 0.3 is 6.09 Å². The fourth-order valence-electron chi connectivity index (χ4n) is 6.21. The number of rotatable bonds is 18. The first kappa shape index (κ1) is 48.2. The highest BCUT2D eigenvalue weighted by molar-refractivity contribution is 5.88. The second kappa shape index (κ2) is 24.1. The molecule has 0 fully saturated rings. The largest absolute Gasteiger partial charge is 0.444 e. The first-order valence-electron chi connectivity index (χ1n) is 20.5. The number of nitro groups is 2. The molecule has 2 atom stereocenters. The van der Waals surface area contributed by atoms with Gasteiger partial charge in [-0.3, -0.25) is 34.6 Å². The number of hydrogen-bond donors (Lipinski definition) is 4. The lowest BCUT2D eigenvalue weighted by molar-refractivity contribution is -0.385. The van der Waals surface area contributed by atoms with Crippen LogP contribution in [0.2, 0.25) is 0 Å². The molecular weight excluding hydrogens is 805 g/mol. The average Bonchev–Trinajstić information content (AvgIpc) is 3.25. The highest BCUT2D eigenvalue weighted by atomic mass is 16.6. The van der Waals surface area contributed by atoms with Gasteiger partial charge in [0.15, 0.2) is 0 Å². The van der Waals surface area contributed by atoms with E-state index in [0.717, 1.165) is 35.1 Å². The predicted octanol–water partition coefficient (Wildman–Crippen LogP) is 7.48. The number of carbonyl (C=O) groups excluding carboxylic acids is 4. The average molecular weight is 859 g/mol. The SMILES string of the molecule is CC(C)(C)OC(=O)NC(Cc1ccc([N+](=O)[O-])cc1)C(=O)NCc1ccccc1.CCCc1ccc(CC(=O)N[C@@H](Cc2ccc([N+](=O)[O-])cc2)C(=O)NCc2ccccc2)cc1. The third-order valence-electron chi connectivity index (χ3n) is 9.38. The summed E-state index contributed by atoms with van der Waals surface area (Å²) < 4.78 is 5.25. The fourth-order valence-corrected chi connectivity index (χ4v) is 6.21. The zero-order chi connectivity index (χ0) is 45.8. The Morgan fingerprint density at radius 2 is 0.952 bits per heavy atom. The van der Waals surface area contributed by atoms with E-state index >= 15 is 0 Å². The number of ether oxygens (including phenoxy) is 1. The minimum atomic E-state index is -0.894. The van der Waals surface area contributed by atoms with E-state index in [4.69, 9.17) is 4.74 Å². The maximum Gasteiger partial charge on any atom is 0.408 e. The Morgan fingerprint density at radius 1 is 0.556 bits per heavy atom. The molecule has 15 heteroatoms. The van der Waals surface area contributed by atoms with Gasteiger partial charge in [0.2, 0.25) is 17.7 Å². The second-order valence-corrected chi connectivity index (χ2v) is 15.7. The first-order valence-corrected chi connectivity index (χ1v) is 20.5. The molecule has 330 valence electrons. The van der Waals surface area contributed by atoms with Crippen molar-refractivity contribution in [3.05, 3.63) is 187 Å². The lowest BCUT2D eigenvalue weighted by atomic mass is 10.0. The van der Waals surface area contributed by atoms with Crippen molar-refractivity contribution in [3.8, 4) is 0 Å². The minimum absolute atomic E-state index is 0.0237. The van der Waals surface area contributed by atoms with Crippen LogP contribution in [0.1, 0.15) is 67.5 Å². The second-order valence-electron chi connectivity index (χ2n) is 15.7. The molecule has 0 aliphatic rings. The van der Waals surface area contributed by atoms with Crippen LogP contribution in [-0.4, -0.2) is 51.3 Å². The molecule has 0 aliphatic carbocycles. The van der Waals surface area contributed by atoms with Gasteiger partial charge in [0, 0.05) is 50.2 Å². The number of non-ortho nitro benzene ring substituents is 2. The topological polar surface area (TPSA) is 212 Å². The molecule has 0 saturated carbocycles. The maximum atomic E-state index is 13.0. The zero-order valence-corrected chi connectivity index (χ0v) is 35.9. The van der Waals surface area contributed by atoms with E-state index in [2.05, 4.69) is 28.2 Å². The van der Waals surface area contributed by atoms with E-state index in [-0.39, 0.29) is 48.4 Å².